The molecule has 0 aromatic carbocycles. The third kappa shape index (κ3) is 3.26. The normalized spacial score (nSPS) is 10.6. The van der Waals surface area contributed by atoms with Gasteiger partial charge in [-0.1, -0.05) is 6.07 Å². The van der Waals surface area contributed by atoms with Crippen LogP contribution in [0.25, 0.3) is 0 Å². The number of carbonyl (C=O) groups is 1. The molecule has 3 nitrogen and oxygen atoms in total. The number of hydrogen-bond acceptors (Lipinski definition) is 3. The molecule has 0 aliphatic carbocycles. The largest absolute Gasteiger partial charge is 0.309 e. The number of Topliss-reactive ketones (excluding diaryl/α,β-unsaturated/α-hetero) is 1. The lowest BCUT2D eigenvalue weighted by Gasteiger charge is -2.07. The fourth-order valence-electron chi connectivity index (χ4n) is 1.09. The Hall–Kier alpha value is -1.22. The van der Waals surface area contributed by atoms with Crippen LogP contribution in [0.4, 0.5) is 0 Å². The SMILES string of the molecule is Cc1ccc(C(=O)CCN(C)C)nc1. The van der Waals surface area contributed by atoms with Crippen molar-refractivity contribution in [2.45, 2.75) is 13.3 Å². The molecule has 1 heterocycles. The lowest BCUT2D eigenvalue weighted by atomic mass is 10.2. The highest BCUT2D eigenvalue weighted by Crippen LogP contribution is 2.02. The van der Waals surface area contributed by atoms with Crippen LogP contribution in [0.15, 0.2) is 18.3 Å². The first kappa shape index (κ1) is 10.9. The van der Waals surface area contributed by atoms with E-state index in [0.717, 1.165) is 12.1 Å². The molecule has 0 atom stereocenters. The molecule has 76 valence electrons. The Morgan fingerprint density at radius 2 is 2.14 bits per heavy atom. The summed E-state index contributed by atoms with van der Waals surface area (Å²) >= 11 is 0. The van der Waals surface area contributed by atoms with Gasteiger partial charge in [0.15, 0.2) is 5.78 Å². The molecular weight excluding hydrogens is 176 g/mol. The van der Waals surface area contributed by atoms with Crippen molar-refractivity contribution in [1.29, 1.82) is 0 Å². The zero-order chi connectivity index (χ0) is 10.6. The van der Waals surface area contributed by atoms with E-state index in [0.29, 0.717) is 12.1 Å². The summed E-state index contributed by atoms with van der Waals surface area (Å²) in [5, 5.41) is 0. The summed E-state index contributed by atoms with van der Waals surface area (Å²) < 4.78 is 0. The topological polar surface area (TPSA) is 33.2 Å². The van der Waals surface area contributed by atoms with E-state index in [4.69, 9.17) is 0 Å². The first-order valence-electron chi connectivity index (χ1n) is 4.70. The number of nitrogens with zero attached hydrogens (tertiary/aromatic N) is 2. The minimum Gasteiger partial charge on any atom is -0.309 e. The Morgan fingerprint density at radius 3 is 2.64 bits per heavy atom. The minimum absolute atomic E-state index is 0.110. The monoisotopic (exact) mass is 192 g/mol. The highest BCUT2D eigenvalue weighted by Gasteiger charge is 2.06. The van der Waals surface area contributed by atoms with E-state index in [1.54, 1.807) is 12.3 Å². The van der Waals surface area contributed by atoms with Crippen LogP contribution < -0.4 is 0 Å². The van der Waals surface area contributed by atoms with Crippen LogP contribution in [-0.2, 0) is 0 Å². The molecule has 0 bridgehead atoms. The van der Waals surface area contributed by atoms with Crippen LogP contribution in [0.5, 0.6) is 0 Å². The predicted octanol–water partition coefficient (Wildman–Crippen LogP) is 1.52. The lowest BCUT2D eigenvalue weighted by Crippen LogP contribution is -2.17. The zero-order valence-corrected chi connectivity index (χ0v) is 8.95. The summed E-state index contributed by atoms with van der Waals surface area (Å²) in [6.07, 6.45) is 2.26. The fraction of sp³-hybridized carbons (Fsp3) is 0.455. The zero-order valence-electron chi connectivity index (χ0n) is 8.95. The molecule has 0 aliphatic heterocycles. The molecule has 0 amide bonds. The summed E-state index contributed by atoms with van der Waals surface area (Å²) in [4.78, 5) is 17.7. The van der Waals surface area contributed by atoms with E-state index >= 15 is 0 Å². The number of aromatic nitrogens is 1. The van der Waals surface area contributed by atoms with E-state index in [9.17, 15) is 4.79 Å². The van der Waals surface area contributed by atoms with E-state index in [1.165, 1.54) is 0 Å². The van der Waals surface area contributed by atoms with Crippen LogP contribution in [0, 0.1) is 6.92 Å². The summed E-state index contributed by atoms with van der Waals surface area (Å²) in [5.74, 6) is 0.110. The molecule has 0 saturated heterocycles. The van der Waals surface area contributed by atoms with Crippen molar-refractivity contribution < 1.29 is 4.79 Å². The molecule has 3 heteroatoms. The van der Waals surface area contributed by atoms with Gasteiger partial charge in [-0.25, -0.2) is 0 Å². The standard InChI is InChI=1S/C11H16N2O/c1-9-4-5-10(12-8-9)11(14)6-7-13(2)3/h4-5,8H,6-7H2,1-3H3. The van der Waals surface area contributed by atoms with Crippen molar-refractivity contribution >= 4 is 5.78 Å². The summed E-state index contributed by atoms with van der Waals surface area (Å²) in [5.41, 5.74) is 1.65. The summed E-state index contributed by atoms with van der Waals surface area (Å²) in [6.45, 7) is 2.73. The van der Waals surface area contributed by atoms with Gasteiger partial charge < -0.3 is 4.90 Å². The van der Waals surface area contributed by atoms with Crippen molar-refractivity contribution in [3.8, 4) is 0 Å². The maximum Gasteiger partial charge on any atom is 0.182 e. The Balaban J connectivity index is 2.57. The lowest BCUT2D eigenvalue weighted by molar-refractivity contribution is 0.0968. The van der Waals surface area contributed by atoms with Crippen molar-refractivity contribution in [2.24, 2.45) is 0 Å². The molecule has 0 N–H and O–H groups in total. The van der Waals surface area contributed by atoms with Gasteiger partial charge in [-0.2, -0.15) is 0 Å². The molecular formula is C11H16N2O. The molecule has 1 rings (SSSR count). The maximum atomic E-state index is 11.6. The molecule has 0 aliphatic rings. The second-order valence-electron chi connectivity index (χ2n) is 3.70. The number of rotatable bonds is 4. The van der Waals surface area contributed by atoms with E-state index < -0.39 is 0 Å². The molecule has 0 fully saturated rings. The van der Waals surface area contributed by atoms with Crippen LogP contribution >= 0.6 is 0 Å². The Bertz CT molecular complexity index is 304. The molecule has 0 unspecified atom stereocenters. The number of ketones is 1. The van der Waals surface area contributed by atoms with Crippen LogP contribution in [0.2, 0.25) is 0 Å². The van der Waals surface area contributed by atoms with Gasteiger partial charge in [0, 0.05) is 19.2 Å². The van der Waals surface area contributed by atoms with Crippen molar-refractivity contribution in [3.63, 3.8) is 0 Å². The molecule has 1 aromatic rings. The molecule has 0 spiro atoms. The second-order valence-corrected chi connectivity index (χ2v) is 3.70. The number of hydrogen-bond donors (Lipinski definition) is 0. The Labute approximate surface area is 84.8 Å². The second kappa shape index (κ2) is 4.86. The molecule has 0 radical (unpaired) electrons. The average Bonchev–Trinajstić information content (AvgIpc) is 2.15. The van der Waals surface area contributed by atoms with Gasteiger partial charge in [-0.15, -0.1) is 0 Å². The third-order valence-corrected chi connectivity index (χ3v) is 1.98. The first-order valence-corrected chi connectivity index (χ1v) is 4.70. The van der Waals surface area contributed by atoms with Crippen LogP contribution in [0.3, 0.4) is 0 Å². The van der Waals surface area contributed by atoms with Crippen molar-refractivity contribution in [2.75, 3.05) is 20.6 Å². The Morgan fingerprint density at radius 1 is 1.43 bits per heavy atom. The number of carbonyl (C=O) groups excluding carboxylic acids is 1. The fourth-order valence-corrected chi connectivity index (χ4v) is 1.09. The first-order chi connectivity index (χ1) is 6.59. The highest BCUT2D eigenvalue weighted by molar-refractivity contribution is 5.94. The van der Waals surface area contributed by atoms with Gasteiger partial charge in [0.05, 0.1) is 0 Å². The Kier molecular flexibility index (Phi) is 3.77. The molecule has 1 aromatic heterocycles. The number of pyridine rings is 1. The predicted molar refractivity (Wildman–Crippen MR) is 56.5 cm³/mol. The van der Waals surface area contributed by atoms with E-state index in [1.807, 2.05) is 32.0 Å². The van der Waals surface area contributed by atoms with Gasteiger partial charge >= 0.3 is 0 Å². The van der Waals surface area contributed by atoms with Gasteiger partial charge in [-0.3, -0.25) is 9.78 Å². The van der Waals surface area contributed by atoms with Gasteiger partial charge in [0.2, 0.25) is 0 Å². The van der Waals surface area contributed by atoms with Gasteiger partial charge in [0.1, 0.15) is 5.69 Å². The average molecular weight is 192 g/mol. The molecule has 0 saturated carbocycles. The van der Waals surface area contributed by atoms with Gasteiger partial charge in [-0.05, 0) is 32.6 Å². The highest BCUT2D eigenvalue weighted by atomic mass is 16.1. The van der Waals surface area contributed by atoms with Crippen molar-refractivity contribution in [1.82, 2.24) is 9.88 Å². The van der Waals surface area contributed by atoms with Crippen LogP contribution in [-0.4, -0.2) is 36.3 Å². The maximum absolute atomic E-state index is 11.6. The third-order valence-electron chi connectivity index (χ3n) is 1.98. The van der Waals surface area contributed by atoms with Crippen LogP contribution in [0.1, 0.15) is 22.5 Å². The van der Waals surface area contributed by atoms with E-state index in [2.05, 4.69) is 4.98 Å². The smallest absolute Gasteiger partial charge is 0.182 e. The van der Waals surface area contributed by atoms with Crippen molar-refractivity contribution in [3.05, 3.63) is 29.6 Å². The number of aryl methyl sites for hydroxylation is 1. The van der Waals surface area contributed by atoms with Gasteiger partial charge in [0.25, 0.3) is 0 Å². The van der Waals surface area contributed by atoms with E-state index in [-0.39, 0.29) is 5.78 Å². The summed E-state index contributed by atoms with van der Waals surface area (Å²) in [7, 11) is 3.91. The minimum atomic E-state index is 0.110. The molecule has 14 heavy (non-hydrogen) atoms. The summed E-state index contributed by atoms with van der Waals surface area (Å²) in [6, 6.07) is 3.70. The quantitative estimate of drug-likeness (QED) is 0.678.